The van der Waals surface area contributed by atoms with E-state index in [0.717, 1.165) is 56.1 Å². The number of hydrogen-bond donors (Lipinski definition) is 2. The Hall–Kier alpha value is -3.34. The number of nitro groups is 1. The molecule has 8 nitrogen and oxygen atoms in total. The molecule has 0 aromatic heterocycles. The summed E-state index contributed by atoms with van der Waals surface area (Å²) in [6.07, 6.45) is -4.86. The lowest BCUT2D eigenvalue weighted by Gasteiger charge is -2.35. The van der Waals surface area contributed by atoms with Crippen LogP contribution in [0.15, 0.2) is 36.4 Å². The first kappa shape index (κ1) is 25.3. The Labute approximate surface area is 195 Å². The van der Waals surface area contributed by atoms with Crippen molar-refractivity contribution in [2.75, 3.05) is 48.3 Å². The lowest BCUT2D eigenvalue weighted by atomic mass is 10.1. The molecule has 2 aromatic carbocycles. The number of nitro benzene ring substituents is 1. The van der Waals surface area contributed by atoms with Crippen LogP contribution in [0.2, 0.25) is 0 Å². The van der Waals surface area contributed by atoms with E-state index in [2.05, 4.69) is 27.4 Å². The monoisotopic (exact) mass is 479 g/mol. The maximum Gasteiger partial charge on any atom is 0.418 e. The Bertz CT molecular complexity index is 1050. The van der Waals surface area contributed by atoms with Crippen molar-refractivity contribution in [1.29, 1.82) is 0 Å². The van der Waals surface area contributed by atoms with Gasteiger partial charge in [0.05, 0.1) is 16.2 Å². The summed E-state index contributed by atoms with van der Waals surface area (Å²) in [7, 11) is 0. The Morgan fingerprint density at radius 1 is 1.12 bits per heavy atom. The number of rotatable bonds is 7. The van der Waals surface area contributed by atoms with E-state index < -0.39 is 40.0 Å². The van der Waals surface area contributed by atoms with E-state index in [-0.39, 0.29) is 0 Å². The summed E-state index contributed by atoms with van der Waals surface area (Å²) in [6.45, 7) is 10.4. The predicted octanol–water partition coefficient (Wildman–Crippen LogP) is 4.50. The maximum absolute atomic E-state index is 13.4. The highest BCUT2D eigenvalue weighted by Crippen LogP contribution is 2.37. The van der Waals surface area contributed by atoms with Gasteiger partial charge in [-0.05, 0) is 50.2 Å². The average molecular weight is 480 g/mol. The van der Waals surface area contributed by atoms with E-state index in [1.807, 2.05) is 25.1 Å². The number of halogens is 3. The summed E-state index contributed by atoms with van der Waals surface area (Å²) in [5.74, 6) is -0.696. The molecular formula is C23H28F3N5O3. The second-order valence-electron chi connectivity index (χ2n) is 8.26. The molecule has 2 aromatic rings. The molecule has 3 rings (SSSR count). The molecule has 1 atom stereocenters. The van der Waals surface area contributed by atoms with Gasteiger partial charge in [0.25, 0.3) is 5.69 Å². The van der Waals surface area contributed by atoms with Crippen LogP contribution < -0.4 is 15.5 Å². The maximum atomic E-state index is 13.4. The Balaban J connectivity index is 1.69. The van der Waals surface area contributed by atoms with Crippen LogP contribution in [0.1, 0.15) is 25.0 Å². The van der Waals surface area contributed by atoms with Gasteiger partial charge in [-0.1, -0.05) is 6.92 Å². The molecule has 1 aliphatic heterocycles. The van der Waals surface area contributed by atoms with E-state index >= 15 is 0 Å². The first-order valence-corrected chi connectivity index (χ1v) is 11.0. The summed E-state index contributed by atoms with van der Waals surface area (Å²) in [4.78, 5) is 27.2. The number of nitrogens with zero attached hydrogens (tertiary/aromatic N) is 3. The SMILES string of the molecule is CCN1CCN(c2ccc(NC(C)C(=O)Nc3ccc([N+](=O)[O-])cc3C(F)(F)F)c(C)c2)CC1. The molecule has 1 saturated heterocycles. The number of carbonyl (C=O) groups is 1. The molecule has 0 bridgehead atoms. The number of piperazine rings is 1. The fraction of sp³-hybridized carbons (Fsp3) is 0.435. The number of non-ortho nitro benzene ring substituents is 1. The first-order chi connectivity index (χ1) is 16.0. The smallest absolute Gasteiger partial charge is 0.374 e. The third-order valence-corrected chi connectivity index (χ3v) is 5.94. The van der Waals surface area contributed by atoms with Crippen molar-refractivity contribution in [1.82, 2.24) is 4.90 Å². The molecule has 2 N–H and O–H groups in total. The summed E-state index contributed by atoms with van der Waals surface area (Å²) < 4.78 is 40.1. The van der Waals surface area contributed by atoms with Gasteiger partial charge >= 0.3 is 6.18 Å². The molecule has 184 valence electrons. The van der Waals surface area contributed by atoms with Crippen molar-refractivity contribution in [2.24, 2.45) is 0 Å². The van der Waals surface area contributed by atoms with E-state index in [4.69, 9.17) is 0 Å². The second-order valence-corrected chi connectivity index (χ2v) is 8.26. The third-order valence-electron chi connectivity index (χ3n) is 5.94. The fourth-order valence-electron chi connectivity index (χ4n) is 3.86. The number of aryl methyl sites for hydroxylation is 1. The topological polar surface area (TPSA) is 90.8 Å². The third kappa shape index (κ3) is 5.96. The van der Waals surface area contributed by atoms with Crippen molar-refractivity contribution in [3.05, 3.63) is 57.6 Å². The zero-order valence-corrected chi connectivity index (χ0v) is 19.3. The Morgan fingerprint density at radius 3 is 2.32 bits per heavy atom. The van der Waals surface area contributed by atoms with E-state index in [0.29, 0.717) is 11.8 Å². The predicted molar refractivity (Wildman–Crippen MR) is 125 cm³/mol. The van der Waals surface area contributed by atoms with Crippen LogP contribution >= 0.6 is 0 Å². The van der Waals surface area contributed by atoms with Crippen molar-refractivity contribution in [3.8, 4) is 0 Å². The Morgan fingerprint density at radius 2 is 1.76 bits per heavy atom. The van der Waals surface area contributed by atoms with Gasteiger partial charge in [-0.3, -0.25) is 14.9 Å². The van der Waals surface area contributed by atoms with Gasteiger partial charge in [0.1, 0.15) is 6.04 Å². The highest BCUT2D eigenvalue weighted by molar-refractivity contribution is 5.97. The van der Waals surface area contributed by atoms with E-state index in [1.54, 1.807) is 0 Å². The first-order valence-electron chi connectivity index (χ1n) is 11.0. The summed E-state index contributed by atoms with van der Waals surface area (Å²) >= 11 is 0. The lowest BCUT2D eigenvalue weighted by molar-refractivity contribution is -0.385. The molecule has 0 saturated carbocycles. The number of hydrogen-bond acceptors (Lipinski definition) is 6. The molecule has 1 aliphatic rings. The molecule has 1 unspecified atom stereocenters. The number of amides is 1. The zero-order valence-electron chi connectivity index (χ0n) is 19.3. The molecule has 0 aliphatic carbocycles. The molecule has 0 spiro atoms. The van der Waals surface area contributed by atoms with E-state index in [9.17, 15) is 28.1 Å². The molecule has 11 heteroatoms. The standard InChI is InChI=1S/C23H28F3N5O3/c1-4-29-9-11-30(12-10-29)17-5-7-20(15(2)13-17)27-16(3)22(32)28-21-8-6-18(31(33)34)14-19(21)23(24,25)26/h5-8,13-14,16,27H,4,9-12H2,1-3H3,(H,28,32). The normalized spacial score (nSPS) is 15.6. The minimum atomic E-state index is -4.86. The van der Waals surface area contributed by atoms with Crippen molar-refractivity contribution in [3.63, 3.8) is 0 Å². The van der Waals surface area contributed by atoms with Gasteiger partial charge in [-0.25, -0.2) is 0 Å². The minimum Gasteiger partial charge on any atom is -0.374 e. The van der Waals surface area contributed by atoms with Gasteiger partial charge in [0.15, 0.2) is 0 Å². The van der Waals surface area contributed by atoms with Crippen LogP contribution in [-0.2, 0) is 11.0 Å². The summed E-state index contributed by atoms with van der Waals surface area (Å²) in [6, 6.07) is 7.21. The molecule has 0 radical (unpaired) electrons. The molecule has 1 amide bonds. The van der Waals surface area contributed by atoms with E-state index in [1.165, 1.54) is 6.92 Å². The van der Waals surface area contributed by atoms with Gasteiger partial charge in [-0.2, -0.15) is 13.2 Å². The molecule has 34 heavy (non-hydrogen) atoms. The average Bonchev–Trinajstić information content (AvgIpc) is 2.79. The van der Waals surface area contributed by atoms with Crippen molar-refractivity contribution in [2.45, 2.75) is 33.0 Å². The number of nitrogens with one attached hydrogen (secondary N) is 2. The molecule has 1 fully saturated rings. The van der Waals surface area contributed by atoms with Gasteiger partial charge in [0.2, 0.25) is 5.91 Å². The summed E-state index contributed by atoms with van der Waals surface area (Å²) in [5, 5.41) is 16.1. The highest BCUT2D eigenvalue weighted by Gasteiger charge is 2.36. The van der Waals surface area contributed by atoms with Crippen LogP contribution in [0.4, 0.5) is 35.9 Å². The second kappa shape index (κ2) is 10.3. The van der Waals surface area contributed by atoms with Crippen LogP contribution in [0.25, 0.3) is 0 Å². The van der Waals surface area contributed by atoms with Crippen LogP contribution in [0, 0.1) is 17.0 Å². The van der Waals surface area contributed by atoms with Gasteiger partial charge in [0, 0.05) is 49.7 Å². The van der Waals surface area contributed by atoms with Crippen molar-refractivity contribution >= 4 is 28.7 Å². The number of anilines is 3. The highest BCUT2D eigenvalue weighted by atomic mass is 19.4. The molecule has 1 heterocycles. The van der Waals surface area contributed by atoms with Crippen LogP contribution in [-0.4, -0.2) is 54.5 Å². The zero-order chi connectivity index (χ0) is 25.0. The van der Waals surface area contributed by atoms with Gasteiger partial charge < -0.3 is 20.4 Å². The summed E-state index contributed by atoms with van der Waals surface area (Å²) in [5.41, 5.74) is 0.167. The number of carbonyl (C=O) groups excluding carboxylic acids is 1. The number of alkyl halides is 3. The minimum absolute atomic E-state index is 0.414. The van der Waals surface area contributed by atoms with Crippen LogP contribution in [0.3, 0.4) is 0 Å². The number of benzene rings is 2. The number of likely N-dealkylation sites (N-methyl/N-ethyl adjacent to an activating group) is 1. The lowest BCUT2D eigenvalue weighted by Crippen LogP contribution is -2.46. The quantitative estimate of drug-likeness (QED) is 0.449. The van der Waals surface area contributed by atoms with Crippen molar-refractivity contribution < 1.29 is 22.9 Å². The largest absolute Gasteiger partial charge is 0.418 e. The van der Waals surface area contributed by atoms with Crippen LogP contribution in [0.5, 0.6) is 0 Å². The molecular weight excluding hydrogens is 451 g/mol. The Kier molecular flexibility index (Phi) is 7.65. The van der Waals surface area contributed by atoms with Gasteiger partial charge in [-0.15, -0.1) is 0 Å². The fourth-order valence-corrected chi connectivity index (χ4v) is 3.86.